The fourth-order valence-corrected chi connectivity index (χ4v) is 4.30. The van der Waals surface area contributed by atoms with Crippen LogP contribution in [-0.4, -0.2) is 54.1 Å². The number of carbonyl (C=O) groups excluding carboxylic acids is 2. The average molecular weight is 358 g/mol. The zero-order chi connectivity index (χ0) is 18.7. The highest BCUT2D eigenvalue weighted by molar-refractivity contribution is 5.84. The number of carbonyl (C=O) groups is 2. The lowest BCUT2D eigenvalue weighted by Crippen LogP contribution is -2.54. The van der Waals surface area contributed by atoms with E-state index in [1.165, 1.54) is 0 Å². The van der Waals surface area contributed by atoms with Gasteiger partial charge in [-0.05, 0) is 51.0 Å². The van der Waals surface area contributed by atoms with Crippen molar-refractivity contribution >= 4 is 12.0 Å². The molecule has 0 radical (unpaired) electrons. The van der Waals surface area contributed by atoms with Crippen molar-refractivity contribution in [3.63, 3.8) is 0 Å². The molecule has 2 aliphatic rings. The molecule has 1 atom stereocenters. The van der Waals surface area contributed by atoms with Crippen LogP contribution in [0.25, 0.3) is 0 Å². The Labute approximate surface area is 156 Å². The third-order valence-electron chi connectivity index (χ3n) is 5.78. The molecule has 2 aliphatic heterocycles. The van der Waals surface area contributed by atoms with Gasteiger partial charge in [0.2, 0.25) is 5.91 Å². The molecular formula is C21H30N2O3. The van der Waals surface area contributed by atoms with Crippen LogP contribution in [0.15, 0.2) is 30.3 Å². The predicted octanol–water partition coefficient (Wildman–Crippen LogP) is 3.65. The first-order chi connectivity index (χ1) is 12.4. The normalized spacial score (nSPS) is 22.8. The Hall–Kier alpha value is -2.04. The van der Waals surface area contributed by atoms with E-state index in [1.54, 1.807) is 0 Å². The third kappa shape index (κ3) is 3.87. The summed E-state index contributed by atoms with van der Waals surface area (Å²) in [5.74, 6) is 0.171. The van der Waals surface area contributed by atoms with Crippen LogP contribution in [0.2, 0.25) is 0 Å². The summed E-state index contributed by atoms with van der Waals surface area (Å²) >= 11 is 0. The van der Waals surface area contributed by atoms with Gasteiger partial charge in [-0.1, -0.05) is 30.3 Å². The van der Waals surface area contributed by atoms with Crippen molar-refractivity contribution < 1.29 is 14.3 Å². The van der Waals surface area contributed by atoms with E-state index in [1.807, 2.05) is 48.8 Å². The Bertz CT molecular complexity index is 636. The predicted molar refractivity (Wildman–Crippen MR) is 101 cm³/mol. The van der Waals surface area contributed by atoms with Crippen molar-refractivity contribution in [3.05, 3.63) is 35.9 Å². The van der Waals surface area contributed by atoms with Gasteiger partial charge < -0.3 is 14.5 Å². The molecule has 3 rings (SSSR count). The molecule has 142 valence electrons. The van der Waals surface area contributed by atoms with Gasteiger partial charge in [-0.15, -0.1) is 0 Å². The van der Waals surface area contributed by atoms with Crippen LogP contribution >= 0.6 is 0 Å². The molecule has 5 nitrogen and oxygen atoms in total. The van der Waals surface area contributed by atoms with E-state index in [0.717, 1.165) is 37.9 Å². The first-order valence-electron chi connectivity index (χ1n) is 9.73. The summed E-state index contributed by atoms with van der Waals surface area (Å²) in [6, 6.07) is 10.1. The van der Waals surface area contributed by atoms with Crippen LogP contribution in [0.5, 0.6) is 0 Å². The number of ether oxygens (including phenoxy) is 1. The van der Waals surface area contributed by atoms with Crippen molar-refractivity contribution in [2.45, 2.75) is 52.1 Å². The number of amides is 2. The molecule has 0 bridgehead atoms. The highest BCUT2D eigenvalue weighted by Crippen LogP contribution is 2.45. The van der Waals surface area contributed by atoms with Crippen LogP contribution in [0.3, 0.4) is 0 Å². The summed E-state index contributed by atoms with van der Waals surface area (Å²) < 4.78 is 5.34. The van der Waals surface area contributed by atoms with Gasteiger partial charge in [0, 0.05) is 26.2 Å². The Morgan fingerprint density at radius 3 is 2.46 bits per heavy atom. The molecular weight excluding hydrogens is 328 g/mol. The van der Waals surface area contributed by atoms with Gasteiger partial charge in [-0.3, -0.25) is 4.79 Å². The van der Waals surface area contributed by atoms with Crippen molar-refractivity contribution in [1.82, 2.24) is 9.80 Å². The Kier molecular flexibility index (Phi) is 5.54. The van der Waals surface area contributed by atoms with Crippen LogP contribution in [-0.2, 0) is 9.53 Å². The molecule has 2 amide bonds. The first kappa shape index (κ1) is 18.7. The van der Waals surface area contributed by atoms with Gasteiger partial charge in [0.25, 0.3) is 0 Å². The molecule has 1 aromatic carbocycles. The number of hydrogen-bond acceptors (Lipinski definition) is 3. The highest BCUT2D eigenvalue weighted by Gasteiger charge is 2.46. The SMILES string of the molecule is CCN1CC2(CCN(C(=O)OC(C)C)CC2)C[C@@H](c2ccccc2)C1=O. The lowest BCUT2D eigenvalue weighted by molar-refractivity contribution is -0.141. The summed E-state index contributed by atoms with van der Waals surface area (Å²) in [5, 5.41) is 0. The van der Waals surface area contributed by atoms with E-state index in [4.69, 9.17) is 4.74 Å². The van der Waals surface area contributed by atoms with Crippen molar-refractivity contribution in [3.8, 4) is 0 Å². The zero-order valence-electron chi connectivity index (χ0n) is 16.1. The van der Waals surface area contributed by atoms with E-state index in [9.17, 15) is 9.59 Å². The molecule has 2 saturated heterocycles. The van der Waals surface area contributed by atoms with Gasteiger partial charge in [0.15, 0.2) is 0 Å². The number of piperidine rings is 2. The van der Waals surface area contributed by atoms with Crippen LogP contribution < -0.4 is 0 Å². The number of benzene rings is 1. The fourth-order valence-electron chi connectivity index (χ4n) is 4.30. The van der Waals surface area contributed by atoms with Gasteiger partial charge >= 0.3 is 6.09 Å². The molecule has 5 heteroatoms. The molecule has 26 heavy (non-hydrogen) atoms. The maximum atomic E-state index is 12.9. The van der Waals surface area contributed by atoms with E-state index >= 15 is 0 Å². The molecule has 0 aliphatic carbocycles. The summed E-state index contributed by atoms with van der Waals surface area (Å²) in [6.45, 7) is 8.76. The quantitative estimate of drug-likeness (QED) is 0.829. The standard InChI is InChI=1S/C21H30N2O3/c1-4-22-15-21(10-12-23(13-11-21)20(25)26-16(2)3)14-18(19(22)24)17-8-6-5-7-9-17/h5-9,16,18H,4,10-15H2,1-3H3/t18-/m0/s1. The number of likely N-dealkylation sites (tertiary alicyclic amines) is 2. The van der Waals surface area contributed by atoms with Gasteiger partial charge in [0.05, 0.1) is 12.0 Å². The van der Waals surface area contributed by atoms with Gasteiger partial charge in [-0.2, -0.15) is 0 Å². The lowest BCUT2D eigenvalue weighted by atomic mass is 9.67. The van der Waals surface area contributed by atoms with E-state index < -0.39 is 0 Å². The average Bonchev–Trinajstić information content (AvgIpc) is 2.64. The molecule has 0 N–H and O–H groups in total. The maximum Gasteiger partial charge on any atom is 0.410 e. The van der Waals surface area contributed by atoms with Crippen LogP contribution in [0.4, 0.5) is 4.79 Å². The molecule has 2 heterocycles. The summed E-state index contributed by atoms with van der Waals surface area (Å²) in [6.07, 6.45) is 2.41. The second kappa shape index (κ2) is 7.68. The third-order valence-corrected chi connectivity index (χ3v) is 5.78. The minimum atomic E-state index is -0.214. The van der Waals surface area contributed by atoms with E-state index in [2.05, 4.69) is 12.1 Å². The number of likely N-dealkylation sites (N-methyl/N-ethyl adjacent to an activating group) is 1. The first-order valence-corrected chi connectivity index (χ1v) is 9.73. The zero-order valence-corrected chi connectivity index (χ0v) is 16.1. The van der Waals surface area contributed by atoms with Gasteiger partial charge in [0.1, 0.15) is 0 Å². The van der Waals surface area contributed by atoms with E-state index in [-0.39, 0.29) is 29.4 Å². The summed E-state index contributed by atoms with van der Waals surface area (Å²) in [7, 11) is 0. The van der Waals surface area contributed by atoms with E-state index in [0.29, 0.717) is 13.1 Å². The second-order valence-corrected chi connectivity index (χ2v) is 7.94. The molecule has 1 aromatic rings. The van der Waals surface area contributed by atoms with Crippen molar-refractivity contribution in [2.24, 2.45) is 5.41 Å². The largest absolute Gasteiger partial charge is 0.447 e. The van der Waals surface area contributed by atoms with Crippen molar-refractivity contribution in [2.75, 3.05) is 26.2 Å². The molecule has 0 saturated carbocycles. The van der Waals surface area contributed by atoms with Crippen LogP contribution in [0.1, 0.15) is 51.5 Å². The number of rotatable bonds is 3. The molecule has 0 unspecified atom stereocenters. The number of hydrogen-bond donors (Lipinski definition) is 0. The minimum absolute atomic E-state index is 0.0703. The minimum Gasteiger partial charge on any atom is -0.447 e. The Balaban J connectivity index is 1.74. The molecule has 1 spiro atoms. The monoisotopic (exact) mass is 358 g/mol. The lowest BCUT2D eigenvalue weighted by Gasteiger charge is -2.49. The Morgan fingerprint density at radius 1 is 1.23 bits per heavy atom. The smallest absolute Gasteiger partial charge is 0.410 e. The second-order valence-electron chi connectivity index (χ2n) is 7.94. The maximum absolute atomic E-state index is 12.9. The molecule has 0 aromatic heterocycles. The van der Waals surface area contributed by atoms with Gasteiger partial charge in [-0.25, -0.2) is 4.79 Å². The van der Waals surface area contributed by atoms with Crippen molar-refractivity contribution in [1.29, 1.82) is 0 Å². The fraction of sp³-hybridized carbons (Fsp3) is 0.619. The topological polar surface area (TPSA) is 49.9 Å². The Morgan fingerprint density at radius 2 is 1.88 bits per heavy atom. The summed E-state index contributed by atoms with van der Waals surface area (Å²) in [4.78, 5) is 28.9. The van der Waals surface area contributed by atoms with Crippen LogP contribution in [0, 0.1) is 5.41 Å². The summed E-state index contributed by atoms with van der Waals surface area (Å²) in [5.41, 5.74) is 1.20. The molecule has 2 fully saturated rings. The number of nitrogens with zero attached hydrogens (tertiary/aromatic N) is 2. The highest BCUT2D eigenvalue weighted by atomic mass is 16.6.